The second-order valence-corrected chi connectivity index (χ2v) is 4.44. The molecule has 0 unspecified atom stereocenters. The Morgan fingerprint density at radius 1 is 1.33 bits per heavy atom. The first-order valence-corrected chi connectivity index (χ1v) is 6.69. The van der Waals surface area contributed by atoms with Crippen LogP contribution in [0.5, 0.6) is 11.5 Å². The van der Waals surface area contributed by atoms with Crippen molar-refractivity contribution in [3.05, 3.63) is 41.7 Å². The molecule has 0 N–H and O–H groups in total. The molecule has 0 amide bonds. The van der Waals surface area contributed by atoms with Crippen LogP contribution in [0.3, 0.4) is 0 Å². The van der Waals surface area contributed by atoms with E-state index in [1.165, 1.54) is 0 Å². The van der Waals surface area contributed by atoms with Gasteiger partial charge in [-0.1, -0.05) is 22.0 Å². The third kappa shape index (κ3) is 3.04. The molecule has 0 bridgehead atoms. The van der Waals surface area contributed by atoms with Crippen LogP contribution in [-0.4, -0.2) is 16.9 Å². The smallest absolute Gasteiger partial charge is 0.132 e. The zero-order valence-corrected chi connectivity index (χ0v) is 12.0. The van der Waals surface area contributed by atoms with Crippen molar-refractivity contribution >= 4 is 15.9 Å². The molecule has 5 heteroatoms. The van der Waals surface area contributed by atoms with Crippen LogP contribution >= 0.6 is 15.9 Å². The van der Waals surface area contributed by atoms with Gasteiger partial charge in [0.1, 0.15) is 18.1 Å². The molecule has 0 fully saturated rings. The van der Waals surface area contributed by atoms with E-state index in [1.807, 2.05) is 37.5 Å². The molecule has 0 radical (unpaired) electrons. The number of halogens is 1. The second-order valence-electron chi connectivity index (χ2n) is 3.88. The molecule has 0 aliphatic heterocycles. The number of hydrogen-bond acceptors (Lipinski definition) is 3. The summed E-state index contributed by atoms with van der Waals surface area (Å²) >= 11 is 3.44. The fraction of sp³-hybridized carbons (Fsp3) is 0.308. The fourth-order valence-electron chi connectivity index (χ4n) is 1.60. The summed E-state index contributed by atoms with van der Waals surface area (Å²) in [6.07, 6.45) is 1.90. The Balaban J connectivity index is 2.11. The Kier molecular flexibility index (Phi) is 4.25. The number of benzene rings is 1. The largest absolute Gasteiger partial charge is 0.497 e. The molecule has 0 aliphatic rings. The second kappa shape index (κ2) is 5.91. The fourth-order valence-corrected chi connectivity index (χ4v) is 2.06. The van der Waals surface area contributed by atoms with Crippen LogP contribution in [0.4, 0.5) is 0 Å². The number of hydrogen-bond donors (Lipinski definition) is 0. The molecule has 1 heterocycles. The van der Waals surface area contributed by atoms with Gasteiger partial charge in [-0.2, -0.15) is 5.10 Å². The minimum Gasteiger partial charge on any atom is -0.497 e. The van der Waals surface area contributed by atoms with Gasteiger partial charge in [-0.25, -0.2) is 0 Å². The lowest BCUT2D eigenvalue weighted by Crippen LogP contribution is -2.00. The van der Waals surface area contributed by atoms with Crippen LogP contribution in [0.15, 0.2) is 30.5 Å². The van der Waals surface area contributed by atoms with Crippen molar-refractivity contribution in [3.8, 4) is 11.5 Å². The number of aromatic nitrogens is 2. The van der Waals surface area contributed by atoms with Gasteiger partial charge in [0.2, 0.25) is 0 Å². The highest BCUT2D eigenvalue weighted by molar-refractivity contribution is 9.08. The first-order valence-electron chi connectivity index (χ1n) is 5.57. The Morgan fingerprint density at radius 3 is 2.78 bits per heavy atom. The summed E-state index contributed by atoms with van der Waals surface area (Å²) in [5.41, 5.74) is 1.99. The van der Waals surface area contributed by atoms with E-state index < -0.39 is 0 Å². The van der Waals surface area contributed by atoms with Crippen molar-refractivity contribution in [2.24, 2.45) is 7.05 Å². The molecule has 1 aromatic carbocycles. The summed E-state index contributed by atoms with van der Waals surface area (Å²) in [6.45, 7) is 0.452. The lowest BCUT2D eigenvalue weighted by Gasteiger charge is -2.10. The van der Waals surface area contributed by atoms with Crippen molar-refractivity contribution < 1.29 is 9.47 Å². The SMILES string of the molecule is COc1ccc(CBr)c(OCc2ccn(C)n2)c1. The first kappa shape index (κ1) is 13.0. The molecule has 1 aromatic heterocycles. The van der Waals surface area contributed by atoms with Gasteiger partial charge in [-0.05, 0) is 12.1 Å². The third-order valence-corrected chi connectivity index (χ3v) is 3.17. The van der Waals surface area contributed by atoms with E-state index in [-0.39, 0.29) is 0 Å². The average molecular weight is 311 g/mol. The molecule has 4 nitrogen and oxygen atoms in total. The number of ether oxygens (including phenoxy) is 2. The van der Waals surface area contributed by atoms with Gasteiger partial charge in [0, 0.05) is 30.2 Å². The van der Waals surface area contributed by atoms with Crippen LogP contribution in [0, 0.1) is 0 Å². The van der Waals surface area contributed by atoms with Gasteiger partial charge in [0.05, 0.1) is 12.8 Å². The van der Waals surface area contributed by atoms with Crippen molar-refractivity contribution in [2.45, 2.75) is 11.9 Å². The summed E-state index contributed by atoms with van der Waals surface area (Å²) in [6, 6.07) is 7.74. The van der Waals surface area contributed by atoms with Gasteiger partial charge >= 0.3 is 0 Å². The zero-order valence-electron chi connectivity index (χ0n) is 10.4. The molecule has 2 aromatic rings. The number of rotatable bonds is 5. The highest BCUT2D eigenvalue weighted by atomic mass is 79.9. The van der Waals surface area contributed by atoms with Gasteiger partial charge < -0.3 is 9.47 Å². The number of nitrogens with zero attached hydrogens (tertiary/aromatic N) is 2. The van der Waals surface area contributed by atoms with E-state index in [0.717, 1.165) is 28.1 Å². The molecule has 0 saturated carbocycles. The van der Waals surface area contributed by atoms with E-state index in [9.17, 15) is 0 Å². The van der Waals surface area contributed by atoms with Crippen LogP contribution in [0.2, 0.25) is 0 Å². The highest BCUT2D eigenvalue weighted by Crippen LogP contribution is 2.27. The van der Waals surface area contributed by atoms with Crippen molar-refractivity contribution in [1.82, 2.24) is 9.78 Å². The summed E-state index contributed by atoms with van der Waals surface area (Å²) in [5, 5.41) is 5.02. The maximum absolute atomic E-state index is 5.78. The Labute approximate surface area is 115 Å². The summed E-state index contributed by atoms with van der Waals surface area (Å²) < 4.78 is 12.7. The third-order valence-electron chi connectivity index (χ3n) is 2.56. The first-order chi connectivity index (χ1) is 8.72. The topological polar surface area (TPSA) is 36.3 Å². The maximum atomic E-state index is 5.78. The van der Waals surface area contributed by atoms with Crippen LogP contribution in [0.1, 0.15) is 11.3 Å². The predicted octanol–water partition coefficient (Wildman–Crippen LogP) is 2.90. The van der Waals surface area contributed by atoms with Gasteiger partial charge in [-0.15, -0.1) is 0 Å². The van der Waals surface area contributed by atoms with E-state index in [1.54, 1.807) is 11.8 Å². The molecule has 0 aliphatic carbocycles. The molecule has 0 spiro atoms. The Bertz CT molecular complexity index is 525. The normalized spacial score (nSPS) is 10.4. The Morgan fingerprint density at radius 2 is 2.17 bits per heavy atom. The Hall–Kier alpha value is -1.49. The summed E-state index contributed by atoms with van der Waals surface area (Å²) in [7, 11) is 3.53. The molecule has 96 valence electrons. The minimum atomic E-state index is 0.452. The van der Waals surface area contributed by atoms with Crippen molar-refractivity contribution in [2.75, 3.05) is 7.11 Å². The van der Waals surface area contributed by atoms with E-state index in [0.29, 0.717) is 6.61 Å². The number of alkyl halides is 1. The summed E-state index contributed by atoms with van der Waals surface area (Å²) in [4.78, 5) is 0. The minimum absolute atomic E-state index is 0.452. The van der Waals surface area contributed by atoms with E-state index in [2.05, 4.69) is 21.0 Å². The zero-order chi connectivity index (χ0) is 13.0. The quantitative estimate of drug-likeness (QED) is 0.797. The number of methoxy groups -OCH3 is 1. The summed E-state index contributed by atoms with van der Waals surface area (Å²) in [5.74, 6) is 1.60. The maximum Gasteiger partial charge on any atom is 0.132 e. The number of aryl methyl sites for hydroxylation is 1. The molecule has 2 rings (SSSR count). The van der Waals surface area contributed by atoms with Crippen molar-refractivity contribution in [1.29, 1.82) is 0 Å². The van der Waals surface area contributed by atoms with Gasteiger partial charge in [-0.3, -0.25) is 4.68 Å². The lowest BCUT2D eigenvalue weighted by molar-refractivity contribution is 0.295. The van der Waals surface area contributed by atoms with E-state index >= 15 is 0 Å². The lowest BCUT2D eigenvalue weighted by atomic mass is 10.2. The predicted molar refractivity (Wildman–Crippen MR) is 73.2 cm³/mol. The van der Waals surface area contributed by atoms with Crippen LogP contribution in [0.25, 0.3) is 0 Å². The molecular weight excluding hydrogens is 296 g/mol. The van der Waals surface area contributed by atoms with Crippen LogP contribution < -0.4 is 9.47 Å². The van der Waals surface area contributed by atoms with Gasteiger partial charge in [0.25, 0.3) is 0 Å². The molecule has 18 heavy (non-hydrogen) atoms. The molecule has 0 atom stereocenters. The average Bonchev–Trinajstić information content (AvgIpc) is 2.81. The van der Waals surface area contributed by atoms with E-state index in [4.69, 9.17) is 9.47 Å². The van der Waals surface area contributed by atoms with Crippen LogP contribution in [-0.2, 0) is 19.0 Å². The monoisotopic (exact) mass is 310 g/mol. The van der Waals surface area contributed by atoms with Gasteiger partial charge in [0.15, 0.2) is 0 Å². The highest BCUT2D eigenvalue weighted by Gasteiger charge is 2.06. The molecular formula is C13H15BrN2O2. The molecule has 0 saturated heterocycles. The van der Waals surface area contributed by atoms with Crippen molar-refractivity contribution in [3.63, 3.8) is 0 Å². The standard InChI is InChI=1S/C13H15BrN2O2/c1-16-6-5-11(15-16)9-18-13-7-12(17-2)4-3-10(13)8-14/h3-7H,8-9H2,1-2H3.